The molecule has 0 bridgehead atoms. The molecule has 0 radical (unpaired) electrons. The van der Waals surface area contributed by atoms with Crippen LogP contribution in [-0.4, -0.2) is 26.3 Å². The lowest BCUT2D eigenvalue weighted by molar-refractivity contribution is 0.0952. The number of nitrogens with one attached hydrogen (secondary N) is 1. The second-order valence-corrected chi connectivity index (χ2v) is 4.32. The van der Waals surface area contributed by atoms with Gasteiger partial charge in [0, 0.05) is 6.07 Å². The maximum Gasteiger partial charge on any atom is 0.275 e. The Balaban J connectivity index is 2.07. The van der Waals surface area contributed by atoms with E-state index in [1.807, 2.05) is 0 Å². The molecule has 0 unspecified atom stereocenters. The molecule has 22 heavy (non-hydrogen) atoms. The molecule has 2 aromatic carbocycles. The molecule has 114 valence electrons. The van der Waals surface area contributed by atoms with Gasteiger partial charge in [-0.15, -0.1) is 0 Å². The number of ether oxygens (including phenoxy) is 2. The largest absolute Gasteiger partial charge is 0.497 e. The normalized spacial score (nSPS) is 10.5. The molecule has 2 aromatic rings. The van der Waals surface area contributed by atoms with E-state index in [0.29, 0.717) is 22.6 Å². The molecule has 0 atom stereocenters. The molecule has 0 aliphatic heterocycles. The van der Waals surface area contributed by atoms with Crippen molar-refractivity contribution in [3.63, 3.8) is 0 Å². The van der Waals surface area contributed by atoms with Crippen LogP contribution in [0.3, 0.4) is 0 Å². The van der Waals surface area contributed by atoms with Crippen LogP contribution in [-0.2, 0) is 0 Å². The van der Waals surface area contributed by atoms with Gasteiger partial charge in [-0.2, -0.15) is 5.10 Å². The molecule has 6 heteroatoms. The van der Waals surface area contributed by atoms with Gasteiger partial charge in [0.25, 0.3) is 5.91 Å². The SMILES string of the molecule is COc1ccc(C(=O)NN=Cc2ccc(F)cc2)c(OC)c1. The van der Waals surface area contributed by atoms with E-state index in [0.717, 1.165) is 0 Å². The molecule has 0 aliphatic carbocycles. The monoisotopic (exact) mass is 302 g/mol. The van der Waals surface area contributed by atoms with Crippen molar-refractivity contribution in [1.82, 2.24) is 5.43 Å². The molecule has 2 rings (SSSR count). The van der Waals surface area contributed by atoms with Gasteiger partial charge in [0.2, 0.25) is 0 Å². The first-order valence-corrected chi connectivity index (χ1v) is 6.45. The van der Waals surface area contributed by atoms with Crippen LogP contribution >= 0.6 is 0 Å². The van der Waals surface area contributed by atoms with Crippen molar-refractivity contribution in [2.75, 3.05) is 14.2 Å². The summed E-state index contributed by atoms with van der Waals surface area (Å²) in [7, 11) is 2.99. The summed E-state index contributed by atoms with van der Waals surface area (Å²) in [6, 6.07) is 10.6. The highest BCUT2D eigenvalue weighted by Gasteiger charge is 2.12. The minimum Gasteiger partial charge on any atom is -0.497 e. The lowest BCUT2D eigenvalue weighted by Crippen LogP contribution is -2.18. The van der Waals surface area contributed by atoms with Gasteiger partial charge in [0.15, 0.2) is 0 Å². The first kappa shape index (κ1) is 15.5. The van der Waals surface area contributed by atoms with E-state index in [1.54, 1.807) is 30.3 Å². The van der Waals surface area contributed by atoms with Gasteiger partial charge in [0.1, 0.15) is 17.3 Å². The molecule has 0 spiro atoms. The fraction of sp³-hybridized carbons (Fsp3) is 0.125. The number of carbonyl (C=O) groups is 1. The zero-order valence-corrected chi connectivity index (χ0v) is 12.2. The van der Waals surface area contributed by atoms with Gasteiger partial charge in [-0.05, 0) is 29.8 Å². The number of benzene rings is 2. The average molecular weight is 302 g/mol. The Bertz CT molecular complexity index is 684. The standard InChI is InChI=1S/C16H15FN2O3/c1-21-13-7-8-14(15(9-13)22-2)16(20)19-18-10-11-3-5-12(17)6-4-11/h3-10H,1-2H3,(H,19,20). The fourth-order valence-corrected chi connectivity index (χ4v) is 1.76. The van der Waals surface area contributed by atoms with Crippen molar-refractivity contribution in [3.8, 4) is 11.5 Å². The molecular formula is C16H15FN2O3. The fourth-order valence-electron chi connectivity index (χ4n) is 1.76. The number of hydrogen-bond acceptors (Lipinski definition) is 4. The number of carbonyl (C=O) groups excluding carboxylic acids is 1. The summed E-state index contributed by atoms with van der Waals surface area (Å²) in [6.45, 7) is 0. The number of amides is 1. The smallest absolute Gasteiger partial charge is 0.275 e. The van der Waals surface area contributed by atoms with Crippen molar-refractivity contribution in [2.24, 2.45) is 5.10 Å². The summed E-state index contributed by atoms with van der Waals surface area (Å²) in [5, 5.41) is 3.83. The summed E-state index contributed by atoms with van der Waals surface area (Å²) < 4.78 is 23.0. The third-order valence-corrected chi connectivity index (χ3v) is 2.90. The van der Waals surface area contributed by atoms with E-state index >= 15 is 0 Å². The third-order valence-electron chi connectivity index (χ3n) is 2.90. The predicted molar refractivity (Wildman–Crippen MR) is 81.0 cm³/mol. The molecule has 5 nitrogen and oxygen atoms in total. The van der Waals surface area contributed by atoms with Crippen LogP contribution in [0, 0.1) is 5.82 Å². The second kappa shape index (κ2) is 7.21. The van der Waals surface area contributed by atoms with Gasteiger partial charge in [0.05, 0.1) is 26.0 Å². The zero-order chi connectivity index (χ0) is 15.9. The number of halogens is 1. The number of rotatable bonds is 5. The van der Waals surface area contributed by atoms with Crippen molar-refractivity contribution < 1.29 is 18.7 Å². The van der Waals surface area contributed by atoms with E-state index in [1.165, 1.54) is 32.6 Å². The Morgan fingerprint density at radius 2 is 1.86 bits per heavy atom. The lowest BCUT2D eigenvalue weighted by atomic mass is 10.2. The van der Waals surface area contributed by atoms with E-state index in [9.17, 15) is 9.18 Å². The van der Waals surface area contributed by atoms with Crippen LogP contribution in [0.1, 0.15) is 15.9 Å². The highest BCUT2D eigenvalue weighted by Crippen LogP contribution is 2.24. The number of hydrogen-bond donors (Lipinski definition) is 1. The Morgan fingerprint density at radius 3 is 2.50 bits per heavy atom. The lowest BCUT2D eigenvalue weighted by Gasteiger charge is -2.08. The third kappa shape index (κ3) is 3.82. The van der Waals surface area contributed by atoms with Crippen LogP contribution in [0.5, 0.6) is 11.5 Å². The van der Waals surface area contributed by atoms with E-state index in [4.69, 9.17) is 9.47 Å². The summed E-state index contributed by atoms with van der Waals surface area (Å²) >= 11 is 0. The molecule has 0 saturated carbocycles. The van der Waals surface area contributed by atoms with E-state index in [2.05, 4.69) is 10.5 Å². The first-order chi connectivity index (χ1) is 10.6. The van der Waals surface area contributed by atoms with Gasteiger partial charge in [-0.25, -0.2) is 9.82 Å². The molecule has 0 fully saturated rings. The number of hydrazone groups is 1. The predicted octanol–water partition coefficient (Wildman–Crippen LogP) is 2.61. The molecule has 1 N–H and O–H groups in total. The van der Waals surface area contributed by atoms with Crippen molar-refractivity contribution in [2.45, 2.75) is 0 Å². The van der Waals surface area contributed by atoms with E-state index < -0.39 is 5.91 Å². The summed E-state index contributed by atoms with van der Waals surface area (Å²) in [6.07, 6.45) is 1.42. The van der Waals surface area contributed by atoms with Crippen molar-refractivity contribution >= 4 is 12.1 Å². The minimum absolute atomic E-state index is 0.329. The van der Waals surface area contributed by atoms with Gasteiger partial charge in [-0.1, -0.05) is 12.1 Å². The summed E-state index contributed by atoms with van der Waals surface area (Å²) in [5.74, 6) is 0.221. The van der Waals surface area contributed by atoms with Gasteiger partial charge >= 0.3 is 0 Å². The van der Waals surface area contributed by atoms with Crippen LogP contribution in [0.15, 0.2) is 47.6 Å². The molecule has 0 aromatic heterocycles. The highest BCUT2D eigenvalue weighted by atomic mass is 19.1. The second-order valence-electron chi connectivity index (χ2n) is 4.32. The Morgan fingerprint density at radius 1 is 1.14 bits per heavy atom. The molecule has 0 aliphatic rings. The first-order valence-electron chi connectivity index (χ1n) is 6.45. The van der Waals surface area contributed by atoms with Crippen LogP contribution in [0.25, 0.3) is 0 Å². The highest BCUT2D eigenvalue weighted by molar-refractivity contribution is 5.97. The quantitative estimate of drug-likeness (QED) is 0.682. The molecule has 0 saturated heterocycles. The number of methoxy groups -OCH3 is 2. The molecular weight excluding hydrogens is 287 g/mol. The summed E-state index contributed by atoms with van der Waals surface area (Å²) in [5.41, 5.74) is 3.39. The zero-order valence-electron chi connectivity index (χ0n) is 12.2. The molecule has 1 amide bonds. The van der Waals surface area contributed by atoms with Crippen LogP contribution < -0.4 is 14.9 Å². The van der Waals surface area contributed by atoms with Crippen LogP contribution in [0.2, 0.25) is 0 Å². The topological polar surface area (TPSA) is 59.9 Å². The Labute approximate surface area is 127 Å². The van der Waals surface area contributed by atoms with Crippen molar-refractivity contribution in [1.29, 1.82) is 0 Å². The Kier molecular flexibility index (Phi) is 5.08. The maximum atomic E-state index is 12.8. The Hall–Kier alpha value is -2.89. The van der Waals surface area contributed by atoms with Gasteiger partial charge < -0.3 is 9.47 Å². The van der Waals surface area contributed by atoms with Crippen molar-refractivity contribution in [3.05, 3.63) is 59.4 Å². The number of nitrogens with zero attached hydrogens (tertiary/aromatic N) is 1. The van der Waals surface area contributed by atoms with E-state index in [-0.39, 0.29) is 5.82 Å². The maximum absolute atomic E-state index is 12.8. The average Bonchev–Trinajstić information content (AvgIpc) is 2.55. The molecule has 0 heterocycles. The summed E-state index contributed by atoms with van der Waals surface area (Å²) in [4.78, 5) is 12.1. The minimum atomic E-state index is -0.419. The van der Waals surface area contributed by atoms with Crippen LogP contribution in [0.4, 0.5) is 4.39 Å². The van der Waals surface area contributed by atoms with Gasteiger partial charge in [-0.3, -0.25) is 4.79 Å².